The molecule has 0 aromatic carbocycles. The molecule has 1 saturated heterocycles. The number of carbonyl (C=O) groups is 1. The van der Waals surface area contributed by atoms with Crippen LogP contribution in [0.15, 0.2) is 0 Å². The van der Waals surface area contributed by atoms with Gasteiger partial charge in [0.2, 0.25) is 5.91 Å². The summed E-state index contributed by atoms with van der Waals surface area (Å²) in [5.41, 5.74) is 6.05. The Morgan fingerprint density at radius 2 is 2.06 bits per heavy atom. The lowest BCUT2D eigenvalue weighted by Gasteiger charge is -2.40. The first-order chi connectivity index (χ1) is 7.47. The van der Waals surface area contributed by atoms with Gasteiger partial charge in [-0.05, 0) is 30.6 Å². The van der Waals surface area contributed by atoms with Crippen LogP contribution in [0.4, 0.5) is 0 Å². The van der Waals surface area contributed by atoms with E-state index in [9.17, 15) is 4.79 Å². The molecule has 2 N–H and O–H groups in total. The zero-order valence-electron chi connectivity index (χ0n) is 11.1. The topological polar surface area (TPSA) is 46.3 Å². The van der Waals surface area contributed by atoms with Gasteiger partial charge in [-0.1, -0.05) is 20.8 Å². The Morgan fingerprint density at radius 1 is 1.47 bits per heavy atom. The molecule has 0 radical (unpaired) electrons. The van der Waals surface area contributed by atoms with Gasteiger partial charge < -0.3 is 10.6 Å². The van der Waals surface area contributed by atoms with Crippen LogP contribution in [0, 0.1) is 17.3 Å². The second-order valence-corrected chi connectivity index (χ2v) is 6.20. The van der Waals surface area contributed by atoms with E-state index in [0.29, 0.717) is 18.4 Å². The van der Waals surface area contributed by atoms with Crippen molar-refractivity contribution in [2.45, 2.75) is 46.1 Å². The lowest BCUT2D eigenvalue weighted by atomic mass is 9.90. The highest BCUT2D eigenvalue weighted by Gasteiger charge is 2.53. The highest BCUT2D eigenvalue weighted by molar-refractivity contribution is 5.85. The van der Waals surface area contributed by atoms with Crippen molar-refractivity contribution in [2.75, 3.05) is 13.1 Å². The molecule has 2 aliphatic rings. The normalized spacial score (nSPS) is 35.1. The van der Waals surface area contributed by atoms with Gasteiger partial charge in [-0.2, -0.15) is 0 Å². The molecule has 0 aromatic heterocycles. The van der Waals surface area contributed by atoms with Gasteiger partial charge in [-0.3, -0.25) is 4.79 Å². The fourth-order valence-corrected chi connectivity index (χ4v) is 2.97. The summed E-state index contributed by atoms with van der Waals surface area (Å²) in [6.45, 7) is 8.10. The molecule has 1 amide bonds. The van der Waals surface area contributed by atoms with Crippen molar-refractivity contribution in [3.8, 4) is 0 Å². The summed E-state index contributed by atoms with van der Waals surface area (Å²) in [7, 11) is 0. The van der Waals surface area contributed by atoms with Gasteiger partial charge in [0.05, 0.1) is 0 Å². The monoisotopic (exact) mass is 260 g/mol. The standard InChI is InChI=1S/C13H24N2O.ClH/c1-9-5-4-6-15(11(9)8-14)12(16)10-7-13(10,2)3;/h9-11H,4-8,14H2,1-3H3;1H. The summed E-state index contributed by atoms with van der Waals surface area (Å²) in [4.78, 5) is 14.4. The summed E-state index contributed by atoms with van der Waals surface area (Å²) >= 11 is 0. The summed E-state index contributed by atoms with van der Waals surface area (Å²) in [6.07, 6.45) is 3.39. The Hall–Kier alpha value is -0.280. The number of likely N-dealkylation sites (tertiary alicyclic amines) is 1. The van der Waals surface area contributed by atoms with Crippen molar-refractivity contribution < 1.29 is 4.79 Å². The van der Waals surface area contributed by atoms with Crippen LogP contribution in [0.25, 0.3) is 0 Å². The number of carbonyl (C=O) groups excluding carboxylic acids is 1. The molecule has 0 bridgehead atoms. The minimum atomic E-state index is 0. The van der Waals surface area contributed by atoms with E-state index in [2.05, 4.69) is 25.7 Å². The Balaban J connectivity index is 0.00000144. The zero-order valence-corrected chi connectivity index (χ0v) is 11.9. The molecule has 1 aliphatic heterocycles. The summed E-state index contributed by atoms with van der Waals surface area (Å²) in [5, 5.41) is 0. The Labute approximate surface area is 111 Å². The molecule has 3 atom stereocenters. The number of rotatable bonds is 2. The molecule has 100 valence electrons. The van der Waals surface area contributed by atoms with Crippen LogP contribution in [0.3, 0.4) is 0 Å². The third-order valence-corrected chi connectivity index (χ3v) is 4.45. The van der Waals surface area contributed by atoms with Crippen molar-refractivity contribution >= 4 is 18.3 Å². The van der Waals surface area contributed by atoms with Crippen LogP contribution in [0.2, 0.25) is 0 Å². The van der Waals surface area contributed by atoms with Crippen molar-refractivity contribution in [3.63, 3.8) is 0 Å². The third-order valence-electron chi connectivity index (χ3n) is 4.45. The summed E-state index contributed by atoms with van der Waals surface area (Å²) < 4.78 is 0. The van der Waals surface area contributed by atoms with Crippen molar-refractivity contribution in [1.82, 2.24) is 4.90 Å². The van der Waals surface area contributed by atoms with E-state index >= 15 is 0 Å². The van der Waals surface area contributed by atoms with E-state index in [-0.39, 0.29) is 29.8 Å². The SMILES string of the molecule is CC1CCCN(C(=O)C2CC2(C)C)C1CN.Cl. The highest BCUT2D eigenvalue weighted by Crippen LogP contribution is 2.52. The molecule has 0 aromatic rings. The van der Waals surface area contributed by atoms with Gasteiger partial charge in [-0.25, -0.2) is 0 Å². The lowest BCUT2D eigenvalue weighted by molar-refractivity contribution is -0.138. The van der Waals surface area contributed by atoms with E-state index in [0.717, 1.165) is 19.4 Å². The van der Waals surface area contributed by atoms with Crippen molar-refractivity contribution in [3.05, 3.63) is 0 Å². The highest BCUT2D eigenvalue weighted by atomic mass is 35.5. The molecule has 4 heteroatoms. The minimum absolute atomic E-state index is 0. The Kier molecular flexibility index (Phi) is 4.48. The molecule has 2 fully saturated rings. The average Bonchev–Trinajstić information content (AvgIpc) is 2.86. The predicted molar refractivity (Wildman–Crippen MR) is 72.1 cm³/mol. The number of hydrogen-bond acceptors (Lipinski definition) is 2. The molecule has 2 rings (SSSR count). The van der Waals surface area contributed by atoms with E-state index in [1.165, 1.54) is 6.42 Å². The number of halogens is 1. The van der Waals surface area contributed by atoms with E-state index in [1.807, 2.05) is 0 Å². The number of piperidine rings is 1. The first kappa shape index (κ1) is 14.8. The van der Waals surface area contributed by atoms with Crippen LogP contribution in [-0.4, -0.2) is 29.9 Å². The first-order valence-corrected chi connectivity index (χ1v) is 6.48. The van der Waals surface area contributed by atoms with Gasteiger partial charge >= 0.3 is 0 Å². The molecule has 1 aliphatic carbocycles. The van der Waals surface area contributed by atoms with Gasteiger partial charge in [0.1, 0.15) is 0 Å². The molecule has 1 saturated carbocycles. The molecule has 3 unspecified atom stereocenters. The summed E-state index contributed by atoms with van der Waals surface area (Å²) in [5.74, 6) is 1.17. The largest absolute Gasteiger partial charge is 0.338 e. The second kappa shape index (κ2) is 5.15. The quantitative estimate of drug-likeness (QED) is 0.826. The maximum absolute atomic E-state index is 12.4. The molecule has 17 heavy (non-hydrogen) atoms. The van der Waals surface area contributed by atoms with E-state index < -0.39 is 0 Å². The van der Waals surface area contributed by atoms with Crippen LogP contribution in [0.5, 0.6) is 0 Å². The first-order valence-electron chi connectivity index (χ1n) is 6.48. The average molecular weight is 261 g/mol. The Bertz CT molecular complexity index is 293. The van der Waals surface area contributed by atoms with Crippen LogP contribution >= 0.6 is 12.4 Å². The van der Waals surface area contributed by atoms with Gasteiger partial charge in [0.25, 0.3) is 0 Å². The van der Waals surface area contributed by atoms with Crippen molar-refractivity contribution in [2.24, 2.45) is 23.0 Å². The van der Waals surface area contributed by atoms with E-state index in [4.69, 9.17) is 5.73 Å². The van der Waals surface area contributed by atoms with Gasteiger partial charge in [0, 0.05) is 25.0 Å². The molecule has 3 nitrogen and oxygen atoms in total. The molecule has 1 heterocycles. The smallest absolute Gasteiger partial charge is 0.226 e. The molecular formula is C13H25ClN2O. The number of nitrogens with two attached hydrogens (primary N) is 1. The van der Waals surface area contributed by atoms with E-state index in [1.54, 1.807) is 0 Å². The lowest BCUT2D eigenvalue weighted by Crippen LogP contribution is -2.52. The summed E-state index contributed by atoms with van der Waals surface area (Å²) in [6, 6.07) is 0.276. The van der Waals surface area contributed by atoms with Gasteiger partial charge in [0.15, 0.2) is 0 Å². The molecule has 0 spiro atoms. The molecular weight excluding hydrogens is 236 g/mol. The number of amides is 1. The van der Waals surface area contributed by atoms with Crippen LogP contribution in [0.1, 0.15) is 40.0 Å². The van der Waals surface area contributed by atoms with Crippen molar-refractivity contribution in [1.29, 1.82) is 0 Å². The third kappa shape index (κ3) is 2.76. The maximum Gasteiger partial charge on any atom is 0.226 e. The maximum atomic E-state index is 12.4. The van der Waals surface area contributed by atoms with Gasteiger partial charge in [-0.15, -0.1) is 12.4 Å². The fraction of sp³-hybridized carbons (Fsp3) is 0.923. The number of hydrogen-bond donors (Lipinski definition) is 1. The zero-order chi connectivity index (χ0) is 11.9. The minimum Gasteiger partial charge on any atom is -0.338 e. The fourth-order valence-electron chi connectivity index (χ4n) is 2.97. The second-order valence-electron chi connectivity index (χ2n) is 6.20. The number of nitrogens with zero attached hydrogens (tertiary/aromatic N) is 1. The van der Waals surface area contributed by atoms with Crippen LogP contribution in [-0.2, 0) is 4.79 Å². The Morgan fingerprint density at radius 3 is 2.53 bits per heavy atom. The van der Waals surface area contributed by atoms with Crippen LogP contribution < -0.4 is 5.73 Å². The predicted octanol–water partition coefficient (Wildman–Crippen LogP) is 2.04.